The predicted molar refractivity (Wildman–Crippen MR) is 59.6 cm³/mol. The van der Waals surface area contributed by atoms with Gasteiger partial charge in [-0.2, -0.15) is 0 Å². The van der Waals surface area contributed by atoms with Crippen molar-refractivity contribution in [1.82, 2.24) is 10.2 Å². The second-order valence-corrected chi connectivity index (χ2v) is 2.77. The molecule has 0 heterocycles. The van der Waals surface area contributed by atoms with Gasteiger partial charge in [-0.3, -0.25) is 5.32 Å². The summed E-state index contributed by atoms with van der Waals surface area (Å²) in [6.45, 7) is 5.71. The second-order valence-electron chi connectivity index (χ2n) is 2.39. The van der Waals surface area contributed by atoms with Crippen molar-refractivity contribution in [3.05, 3.63) is 0 Å². The smallest absolute Gasteiger partial charge is 0.413 e. The standard InChI is InChI=1S/C8H15N3O2S/c1-4-11(5-2)6-9-7(14)10-8(12)13-3/h6H,4-5H2,1-3H3,(H,10,12,14). The molecule has 6 heteroatoms. The number of hydrogen-bond acceptors (Lipinski definition) is 3. The molecule has 0 aromatic heterocycles. The monoisotopic (exact) mass is 217 g/mol. The highest BCUT2D eigenvalue weighted by atomic mass is 32.1. The molecule has 0 unspecified atom stereocenters. The number of methoxy groups -OCH3 is 1. The molecule has 0 rings (SSSR count). The number of carbonyl (C=O) groups excluding carboxylic acids is 1. The number of hydrogen-bond donors (Lipinski definition) is 1. The summed E-state index contributed by atoms with van der Waals surface area (Å²) in [5, 5.41) is 2.38. The van der Waals surface area contributed by atoms with Crippen LogP contribution in [0.2, 0.25) is 0 Å². The average molecular weight is 217 g/mol. The van der Waals surface area contributed by atoms with E-state index < -0.39 is 6.09 Å². The Morgan fingerprint density at radius 1 is 1.57 bits per heavy atom. The van der Waals surface area contributed by atoms with E-state index in [-0.39, 0.29) is 5.11 Å². The van der Waals surface area contributed by atoms with E-state index in [4.69, 9.17) is 12.2 Å². The highest BCUT2D eigenvalue weighted by Crippen LogP contribution is 1.83. The van der Waals surface area contributed by atoms with Gasteiger partial charge in [-0.15, -0.1) is 0 Å². The van der Waals surface area contributed by atoms with Crippen LogP contribution in [0.4, 0.5) is 4.79 Å². The van der Waals surface area contributed by atoms with Gasteiger partial charge in [0.15, 0.2) is 0 Å². The molecular weight excluding hydrogens is 202 g/mol. The number of alkyl carbamates (subject to hydrolysis) is 1. The van der Waals surface area contributed by atoms with Crippen LogP contribution in [0.5, 0.6) is 0 Å². The zero-order valence-corrected chi connectivity index (χ0v) is 9.43. The summed E-state index contributed by atoms with van der Waals surface area (Å²) >= 11 is 4.77. The van der Waals surface area contributed by atoms with Crippen molar-refractivity contribution in [2.24, 2.45) is 4.99 Å². The molecule has 0 spiro atoms. The van der Waals surface area contributed by atoms with Crippen molar-refractivity contribution in [3.63, 3.8) is 0 Å². The van der Waals surface area contributed by atoms with Crippen LogP contribution in [0, 0.1) is 0 Å². The minimum absolute atomic E-state index is 0.101. The minimum atomic E-state index is -0.605. The number of thiocarbonyl (C=S) groups is 1. The lowest BCUT2D eigenvalue weighted by Gasteiger charge is -2.13. The Morgan fingerprint density at radius 3 is 2.57 bits per heavy atom. The summed E-state index contributed by atoms with van der Waals surface area (Å²) in [4.78, 5) is 16.5. The van der Waals surface area contributed by atoms with Gasteiger partial charge in [-0.1, -0.05) is 0 Å². The maximum Gasteiger partial charge on any atom is 0.413 e. The highest BCUT2D eigenvalue weighted by Gasteiger charge is 2.00. The first-order valence-electron chi connectivity index (χ1n) is 4.31. The lowest BCUT2D eigenvalue weighted by molar-refractivity contribution is 0.177. The number of carbonyl (C=O) groups is 1. The molecule has 0 aliphatic carbocycles. The van der Waals surface area contributed by atoms with E-state index in [0.717, 1.165) is 13.1 Å². The number of rotatable bonds is 3. The topological polar surface area (TPSA) is 53.9 Å². The predicted octanol–water partition coefficient (Wildman–Crippen LogP) is 0.997. The van der Waals surface area contributed by atoms with Crippen LogP contribution in [0.3, 0.4) is 0 Å². The van der Waals surface area contributed by atoms with Crippen molar-refractivity contribution in [3.8, 4) is 0 Å². The van der Waals surface area contributed by atoms with Gasteiger partial charge in [0.05, 0.1) is 13.4 Å². The molecule has 0 atom stereocenters. The summed E-state index contributed by atoms with van der Waals surface area (Å²) in [6.07, 6.45) is 0.991. The molecule has 0 saturated carbocycles. The van der Waals surface area contributed by atoms with Crippen LogP contribution >= 0.6 is 12.2 Å². The largest absolute Gasteiger partial charge is 0.453 e. The van der Waals surface area contributed by atoms with Gasteiger partial charge in [-0.05, 0) is 26.1 Å². The number of nitrogens with one attached hydrogen (secondary N) is 1. The van der Waals surface area contributed by atoms with Crippen molar-refractivity contribution in [2.75, 3.05) is 20.2 Å². The molecule has 0 bridgehead atoms. The van der Waals surface area contributed by atoms with E-state index in [2.05, 4.69) is 15.0 Å². The van der Waals surface area contributed by atoms with Crippen molar-refractivity contribution in [2.45, 2.75) is 13.8 Å². The first kappa shape index (κ1) is 12.8. The summed E-state index contributed by atoms with van der Waals surface area (Å²) in [7, 11) is 1.27. The SMILES string of the molecule is CCN(C=NC(=S)NC(=O)OC)CC. The molecule has 0 aromatic carbocycles. The second kappa shape index (κ2) is 7.25. The quantitative estimate of drug-likeness (QED) is 0.435. The van der Waals surface area contributed by atoms with Crippen LogP contribution in [0.15, 0.2) is 4.99 Å². The molecule has 80 valence electrons. The number of ether oxygens (including phenoxy) is 1. The lowest BCUT2D eigenvalue weighted by atomic mass is 10.6. The molecular formula is C8H15N3O2S. The van der Waals surface area contributed by atoms with Crippen LogP contribution in [0.1, 0.15) is 13.8 Å². The fraction of sp³-hybridized carbons (Fsp3) is 0.625. The van der Waals surface area contributed by atoms with E-state index >= 15 is 0 Å². The Bertz CT molecular complexity index is 227. The fourth-order valence-corrected chi connectivity index (χ4v) is 0.822. The lowest BCUT2D eigenvalue weighted by Crippen LogP contribution is -2.29. The summed E-state index contributed by atoms with van der Waals surface area (Å²) in [6, 6.07) is 0. The molecule has 1 N–H and O–H groups in total. The normalized spacial score (nSPS) is 9.93. The van der Waals surface area contributed by atoms with Gasteiger partial charge in [0, 0.05) is 13.1 Å². The number of aliphatic imine (C=N–C) groups is 1. The van der Waals surface area contributed by atoms with Crippen LogP contribution in [0.25, 0.3) is 0 Å². The zero-order valence-electron chi connectivity index (χ0n) is 8.61. The Hall–Kier alpha value is -1.17. The Kier molecular flexibility index (Phi) is 6.65. The highest BCUT2D eigenvalue weighted by molar-refractivity contribution is 7.80. The maximum absolute atomic E-state index is 10.7. The third kappa shape index (κ3) is 5.47. The molecule has 14 heavy (non-hydrogen) atoms. The van der Waals surface area contributed by atoms with Crippen LogP contribution in [-0.2, 0) is 4.74 Å². The third-order valence-electron chi connectivity index (χ3n) is 1.55. The fourth-order valence-electron chi connectivity index (χ4n) is 0.692. The maximum atomic E-state index is 10.7. The van der Waals surface area contributed by atoms with E-state index in [1.807, 2.05) is 18.7 Å². The molecule has 0 aliphatic rings. The number of amides is 1. The molecule has 0 radical (unpaired) electrons. The summed E-state index contributed by atoms with van der Waals surface area (Å²) in [5.41, 5.74) is 0. The Morgan fingerprint density at radius 2 is 2.14 bits per heavy atom. The van der Waals surface area contributed by atoms with Crippen molar-refractivity contribution >= 4 is 29.8 Å². The number of nitrogens with zero attached hydrogens (tertiary/aromatic N) is 2. The van der Waals surface area contributed by atoms with Gasteiger partial charge in [0.1, 0.15) is 0 Å². The van der Waals surface area contributed by atoms with Crippen LogP contribution < -0.4 is 5.32 Å². The van der Waals surface area contributed by atoms with E-state index in [0.29, 0.717) is 0 Å². The molecule has 5 nitrogen and oxygen atoms in total. The van der Waals surface area contributed by atoms with E-state index in [1.165, 1.54) is 7.11 Å². The van der Waals surface area contributed by atoms with Gasteiger partial charge < -0.3 is 9.64 Å². The van der Waals surface area contributed by atoms with Crippen LogP contribution in [-0.4, -0.2) is 42.6 Å². The van der Waals surface area contributed by atoms with Gasteiger partial charge in [-0.25, -0.2) is 9.79 Å². The zero-order chi connectivity index (χ0) is 11.0. The summed E-state index contributed by atoms with van der Waals surface area (Å²) < 4.78 is 4.36. The third-order valence-corrected chi connectivity index (χ3v) is 1.75. The molecule has 1 amide bonds. The van der Waals surface area contributed by atoms with Crippen molar-refractivity contribution in [1.29, 1.82) is 0 Å². The van der Waals surface area contributed by atoms with Gasteiger partial charge >= 0.3 is 6.09 Å². The molecule has 0 fully saturated rings. The first-order chi connectivity index (χ1) is 6.63. The Labute approximate surface area is 89.1 Å². The average Bonchev–Trinajstić information content (AvgIpc) is 2.19. The van der Waals surface area contributed by atoms with Gasteiger partial charge in [0.2, 0.25) is 5.11 Å². The summed E-state index contributed by atoms with van der Waals surface area (Å²) in [5.74, 6) is 0. The first-order valence-corrected chi connectivity index (χ1v) is 4.72. The van der Waals surface area contributed by atoms with E-state index in [9.17, 15) is 4.79 Å². The molecule has 0 aliphatic heterocycles. The van der Waals surface area contributed by atoms with Gasteiger partial charge in [0.25, 0.3) is 0 Å². The van der Waals surface area contributed by atoms with Crippen molar-refractivity contribution < 1.29 is 9.53 Å². The minimum Gasteiger partial charge on any atom is -0.453 e. The Balaban J connectivity index is 3.98. The molecule has 0 saturated heterocycles. The van der Waals surface area contributed by atoms with E-state index in [1.54, 1.807) is 6.34 Å². The molecule has 0 aromatic rings.